The molecule has 9 nitrogen and oxygen atoms in total. The molecule has 0 radical (unpaired) electrons. The minimum atomic E-state index is -4.27. The molecule has 3 aromatic rings. The lowest BCUT2D eigenvalue weighted by molar-refractivity contribution is 0.0742. The van der Waals surface area contributed by atoms with Crippen molar-refractivity contribution in [1.82, 2.24) is 4.67 Å². The van der Waals surface area contributed by atoms with Gasteiger partial charge in [-0.2, -0.15) is 8.42 Å². The summed E-state index contributed by atoms with van der Waals surface area (Å²) in [6.45, 7) is 8.83. The lowest BCUT2D eigenvalue weighted by Gasteiger charge is -2.46. The number of anilines is 2. The highest BCUT2D eigenvalue weighted by Gasteiger charge is 2.49. The van der Waals surface area contributed by atoms with Crippen LogP contribution in [0, 0.1) is 6.92 Å². The Labute approximate surface area is 250 Å². The molecule has 1 unspecified atom stereocenters. The Balaban J connectivity index is 1.87. The van der Waals surface area contributed by atoms with E-state index in [0.717, 1.165) is 24.3 Å². The average Bonchev–Trinajstić information content (AvgIpc) is 2.96. The monoisotopic (exact) mass is 636 g/mol. The van der Waals surface area contributed by atoms with E-state index in [1.807, 2.05) is 37.6 Å². The number of carbonyl (C=O) groups excluding carboxylic acids is 1. The van der Waals surface area contributed by atoms with E-state index in [-0.39, 0.29) is 15.7 Å². The number of morpholine rings is 1. The molecule has 13 heteroatoms. The van der Waals surface area contributed by atoms with Crippen molar-refractivity contribution in [3.05, 3.63) is 76.3 Å². The molecule has 1 fully saturated rings. The first-order valence-electron chi connectivity index (χ1n) is 13.3. The van der Waals surface area contributed by atoms with Crippen molar-refractivity contribution in [2.45, 2.75) is 25.7 Å². The van der Waals surface area contributed by atoms with Gasteiger partial charge in [-0.05, 0) is 63.2 Å². The Morgan fingerprint density at radius 2 is 1.63 bits per heavy atom. The van der Waals surface area contributed by atoms with Crippen molar-refractivity contribution in [1.29, 1.82) is 0 Å². The summed E-state index contributed by atoms with van der Waals surface area (Å²) < 4.78 is 47.8. The SMILES string of the molecule is CCN(CC)c1ccc2c(c1)OC(=O)N(c1ccc(Cl)c(Cl)c1)P2(=NS(=O)(=O)c1ccc(C)cc1)N1CCOCC1. The number of ether oxygens (including phenoxy) is 2. The average molecular weight is 638 g/mol. The van der Waals surface area contributed by atoms with Crippen molar-refractivity contribution in [2.24, 2.45) is 4.15 Å². The van der Waals surface area contributed by atoms with Crippen LogP contribution in [0.2, 0.25) is 10.0 Å². The summed E-state index contributed by atoms with van der Waals surface area (Å²) in [4.78, 5) is 16.2. The Morgan fingerprint density at radius 3 is 2.27 bits per heavy atom. The highest BCUT2D eigenvalue weighted by Crippen LogP contribution is 2.62. The van der Waals surface area contributed by atoms with Gasteiger partial charge in [-0.25, -0.2) is 14.1 Å². The topological polar surface area (TPSA) is 91.8 Å². The summed E-state index contributed by atoms with van der Waals surface area (Å²) in [5.41, 5.74) is 2.09. The van der Waals surface area contributed by atoms with Crippen LogP contribution < -0.4 is 19.6 Å². The number of carbonyl (C=O) groups is 1. The first-order chi connectivity index (χ1) is 19.6. The van der Waals surface area contributed by atoms with Crippen molar-refractivity contribution < 1.29 is 22.7 Å². The molecule has 0 spiro atoms. The molecule has 1 atom stereocenters. The minimum Gasteiger partial charge on any atom is -0.409 e. The lowest BCUT2D eigenvalue weighted by atomic mass is 10.2. The van der Waals surface area contributed by atoms with Crippen LogP contribution in [0.15, 0.2) is 69.7 Å². The third kappa shape index (κ3) is 5.61. The van der Waals surface area contributed by atoms with E-state index >= 15 is 0 Å². The zero-order valence-corrected chi connectivity index (χ0v) is 26.2. The predicted octanol–water partition coefficient (Wildman–Crippen LogP) is 6.54. The summed E-state index contributed by atoms with van der Waals surface area (Å²) in [5.74, 6) is 0.276. The number of fused-ring (bicyclic) bond motifs is 1. The van der Waals surface area contributed by atoms with Gasteiger partial charge in [0.15, 0.2) is 7.36 Å². The number of nitrogens with zero attached hydrogens (tertiary/aromatic N) is 4. The van der Waals surface area contributed by atoms with Crippen LogP contribution in [0.4, 0.5) is 16.2 Å². The van der Waals surface area contributed by atoms with Crippen LogP contribution in [0.3, 0.4) is 0 Å². The first kappa shape index (κ1) is 29.9. The molecule has 2 aliphatic rings. The summed E-state index contributed by atoms with van der Waals surface area (Å²) >= 11 is 12.6. The van der Waals surface area contributed by atoms with Gasteiger partial charge in [0, 0.05) is 37.9 Å². The molecular weight excluding hydrogens is 606 g/mol. The highest BCUT2D eigenvalue weighted by molar-refractivity contribution is 7.95. The van der Waals surface area contributed by atoms with Crippen LogP contribution in [0.25, 0.3) is 0 Å². The van der Waals surface area contributed by atoms with Crippen LogP contribution in [-0.2, 0) is 14.8 Å². The molecule has 0 aliphatic carbocycles. The van der Waals surface area contributed by atoms with E-state index in [1.54, 1.807) is 30.3 Å². The van der Waals surface area contributed by atoms with Gasteiger partial charge in [-0.1, -0.05) is 40.9 Å². The molecule has 1 amide bonds. The van der Waals surface area contributed by atoms with Gasteiger partial charge in [-0.3, -0.25) is 0 Å². The number of benzene rings is 3. The van der Waals surface area contributed by atoms with E-state index in [4.69, 9.17) is 36.8 Å². The van der Waals surface area contributed by atoms with Gasteiger partial charge < -0.3 is 14.4 Å². The van der Waals surface area contributed by atoms with E-state index < -0.39 is 23.5 Å². The zero-order chi connectivity index (χ0) is 29.4. The molecule has 3 aromatic carbocycles. The number of amides is 1. The normalized spacial score (nSPS) is 19.4. The number of aryl methyl sites for hydroxylation is 1. The highest BCUT2D eigenvalue weighted by atomic mass is 35.5. The molecule has 0 saturated carbocycles. The smallest absolute Gasteiger partial charge is 0.409 e. The minimum absolute atomic E-state index is 0.0325. The van der Waals surface area contributed by atoms with Gasteiger partial charge in [-0.15, -0.1) is 4.15 Å². The van der Waals surface area contributed by atoms with E-state index in [9.17, 15) is 13.2 Å². The van der Waals surface area contributed by atoms with Crippen molar-refractivity contribution in [3.8, 4) is 5.75 Å². The fraction of sp³-hybridized carbons (Fsp3) is 0.321. The molecule has 5 rings (SSSR count). The Kier molecular flexibility index (Phi) is 8.71. The lowest BCUT2D eigenvalue weighted by Crippen LogP contribution is -2.49. The van der Waals surface area contributed by atoms with Crippen LogP contribution in [0.5, 0.6) is 5.75 Å². The standard InChI is InChI=1S/C28H31Cl2N4O5PS/c1-4-32(5-2)21-9-13-27-26(19-21)39-28(35)34(22-8-12-24(29)25(30)18-22)40(27,33-14-16-38-17-15-33)31-41(36,37)23-10-6-20(3)7-11-23/h6-13,18-19H,4-5,14-17H2,1-3H3. The maximum atomic E-state index is 14.1. The maximum absolute atomic E-state index is 14.1. The fourth-order valence-electron chi connectivity index (χ4n) is 5.01. The summed E-state index contributed by atoms with van der Waals surface area (Å²) in [6.07, 6.45) is -0.754. The predicted molar refractivity (Wildman–Crippen MR) is 165 cm³/mol. The molecule has 2 aliphatic heterocycles. The summed E-state index contributed by atoms with van der Waals surface area (Å²) in [6, 6.07) is 16.7. The van der Waals surface area contributed by atoms with Gasteiger partial charge >= 0.3 is 6.09 Å². The molecule has 0 bridgehead atoms. The molecule has 0 N–H and O–H groups in total. The molecular formula is C28H31Cl2N4O5PS. The van der Waals surface area contributed by atoms with E-state index in [0.29, 0.717) is 42.3 Å². The second-order valence-electron chi connectivity index (χ2n) is 9.61. The number of hydrogen-bond donors (Lipinski definition) is 0. The fourth-order valence-corrected chi connectivity index (χ4v) is 11.3. The van der Waals surface area contributed by atoms with Crippen molar-refractivity contribution in [3.63, 3.8) is 0 Å². The van der Waals surface area contributed by atoms with Gasteiger partial charge in [0.2, 0.25) is 0 Å². The Hall–Kier alpha value is -2.59. The van der Waals surface area contributed by atoms with Crippen molar-refractivity contribution in [2.75, 3.05) is 49.0 Å². The largest absolute Gasteiger partial charge is 0.425 e. The number of rotatable bonds is 7. The molecule has 2 heterocycles. The maximum Gasteiger partial charge on any atom is 0.425 e. The summed E-state index contributed by atoms with van der Waals surface area (Å²) in [5, 5.41) is 1.02. The van der Waals surface area contributed by atoms with Crippen LogP contribution >= 0.6 is 30.6 Å². The second-order valence-corrected chi connectivity index (χ2v) is 15.1. The first-order valence-corrected chi connectivity index (χ1v) is 17.1. The van der Waals surface area contributed by atoms with Crippen LogP contribution in [0.1, 0.15) is 19.4 Å². The van der Waals surface area contributed by atoms with E-state index in [1.165, 1.54) is 22.9 Å². The summed E-state index contributed by atoms with van der Waals surface area (Å²) in [7, 11) is -7.89. The number of halogens is 2. The van der Waals surface area contributed by atoms with E-state index in [2.05, 4.69) is 4.90 Å². The van der Waals surface area contributed by atoms with Crippen LogP contribution in [-0.4, -0.2) is 58.6 Å². The Bertz CT molecular complexity index is 1620. The third-order valence-electron chi connectivity index (χ3n) is 7.11. The van der Waals surface area contributed by atoms with Gasteiger partial charge in [0.1, 0.15) is 5.75 Å². The van der Waals surface area contributed by atoms with Gasteiger partial charge in [0.05, 0.1) is 39.1 Å². The molecule has 41 heavy (non-hydrogen) atoms. The Morgan fingerprint density at radius 1 is 0.951 bits per heavy atom. The van der Waals surface area contributed by atoms with Gasteiger partial charge in [0.25, 0.3) is 10.0 Å². The third-order valence-corrected chi connectivity index (χ3v) is 13.6. The number of sulfonamides is 1. The second kappa shape index (κ2) is 12.0. The zero-order valence-electron chi connectivity index (χ0n) is 23.0. The molecule has 0 aromatic heterocycles. The molecule has 1 saturated heterocycles. The van der Waals surface area contributed by atoms with Crippen molar-refractivity contribution >= 4 is 63.4 Å². The molecule has 218 valence electrons. The number of hydrogen-bond acceptors (Lipinski definition) is 6. The quantitative estimate of drug-likeness (QED) is 0.272.